The van der Waals surface area contributed by atoms with Crippen LogP contribution in [0.15, 0.2) is 47.4 Å². The number of nitrogens with zero attached hydrogens (tertiary/aromatic N) is 2. The van der Waals surface area contributed by atoms with Crippen molar-refractivity contribution in [3.63, 3.8) is 0 Å². The number of hydrogen-bond acceptors (Lipinski definition) is 4. The summed E-state index contributed by atoms with van der Waals surface area (Å²) in [6.45, 7) is 1.05. The van der Waals surface area contributed by atoms with Crippen molar-refractivity contribution in [2.24, 2.45) is 0 Å². The van der Waals surface area contributed by atoms with Gasteiger partial charge < -0.3 is 14.2 Å². The molecule has 29 heavy (non-hydrogen) atoms. The minimum absolute atomic E-state index is 0.313. The molecule has 0 aliphatic carbocycles. The number of esters is 1. The summed E-state index contributed by atoms with van der Waals surface area (Å²) in [6.07, 6.45) is -3.20. The van der Waals surface area contributed by atoms with Crippen LogP contribution in [-0.4, -0.2) is 35.0 Å². The van der Waals surface area contributed by atoms with E-state index in [0.717, 1.165) is 18.1 Å². The number of amides is 1. The fourth-order valence-electron chi connectivity index (χ4n) is 2.50. The summed E-state index contributed by atoms with van der Waals surface area (Å²) in [5.41, 5.74) is 0.227. The quantitative estimate of drug-likeness (QED) is 0.658. The first kappa shape index (κ1) is 22.2. The van der Waals surface area contributed by atoms with Crippen LogP contribution in [0.3, 0.4) is 0 Å². The standard InChI is InChI=1S/C20H21F3N2O4/c1-3-14-4-6-15(7-5-14)10-24(2)18(27)13-29-19(28)12-25-11-16(20(21,22)23)8-9-17(25)26/h4-9,11H,3,10,12-13H2,1-2H3. The summed E-state index contributed by atoms with van der Waals surface area (Å²) >= 11 is 0. The van der Waals surface area contributed by atoms with E-state index in [9.17, 15) is 27.6 Å². The smallest absolute Gasteiger partial charge is 0.417 e. The first-order valence-corrected chi connectivity index (χ1v) is 8.85. The highest BCUT2D eigenvalue weighted by Gasteiger charge is 2.31. The number of aryl methyl sites for hydroxylation is 1. The van der Waals surface area contributed by atoms with Crippen LogP contribution < -0.4 is 5.56 Å². The molecule has 0 radical (unpaired) electrons. The average molecular weight is 410 g/mol. The van der Waals surface area contributed by atoms with Crippen molar-refractivity contribution in [1.82, 2.24) is 9.47 Å². The maximum absolute atomic E-state index is 12.7. The van der Waals surface area contributed by atoms with E-state index in [4.69, 9.17) is 4.74 Å². The molecule has 0 fully saturated rings. The van der Waals surface area contributed by atoms with E-state index in [-0.39, 0.29) is 0 Å². The molecule has 6 nitrogen and oxygen atoms in total. The Kier molecular flexibility index (Phi) is 7.19. The van der Waals surface area contributed by atoms with Crippen molar-refractivity contribution in [2.75, 3.05) is 13.7 Å². The highest BCUT2D eigenvalue weighted by molar-refractivity contribution is 5.80. The Morgan fingerprint density at radius 1 is 1.07 bits per heavy atom. The van der Waals surface area contributed by atoms with Crippen molar-refractivity contribution in [1.29, 1.82) is 0 Å². The van der Waals surface area contributed by atoms with Crippen LogP contribution in [0.4, 0.5) is 13.2 Å². The zero-order chi connectivity index (χ0) is 21.6. The van der Waals surface area contributed by atoms with Gasteiger partial charge in [-0.25, -0.2) is 0 Å². The van der Waals surface area contributed by atoms with Gasteiger partial charge in [-0.1, -0.05) is 31.2 Å². The van der Waals surface area contributed by atoms with Gasteiger partial charge in [0.05, 0.1) is 5.56 Å². The Morgan fingerprint density at radius 2 is 1.69 bits per heavy atom. The summed E-state index contributed by atoms with van der Waals surface area (Å²) in [6, 6.07) is 9.07. The Morgan fingerprint density at radius 3 is 2.28 bits per heavy atom. The summed E-state index contributed by atoms with van der Waals surface area (Å²) in [4.78, 5) is 37.0. The highest BCUT2D eigenvalue weighted by atomic mass is 19.4. The van der Waals surface area contributed by atoms with E-state index in [1.54, 1.807) is 7.05 Å². The Bertz CT molecular complexity index is 921. The molecular formula is C20H21F3N2O4. The zero-order valence-electron chi connectivity index (χ0n) is 16.0. The molecule has 2 rings (SSSR count). The van der Waals surface area contributed by atoms with Crippen molar-refractivity contribution in [2.45, 2.75) is 32.6 Å². The van der Waals surface area contributed by atoms with Gasteiger partial charge in [-0.15, -0.1) is 0 Å². The first-order valence-electron chi connectivity index (χ1n) is 8.85. The third-order valence-electron chi connectivity index (χ3n) is 4.24. The summed E-state index contributed by atoms with van der Waals surface area (Å²) in [7, 11) is 1.54. The summed E-state index contributed by atoms with van der Waals surface area (Å²) in [5, 5.41) is 0. The Hall–Kier alpha value is -3.10. The van der Waals surface area contributed by atoms with E-state index in [1.165, 1.54) is 10.5 Å². The Balaban J connectivity index is 1.89. The lowest BCUT2D eigenvalue weighted by molar-refractivity contribution is -0.152. The van der Waals surface area contributed by atoms with Crippen LogP contribution in [-0.2, 0) is 40.0 Å². The van der Waals surface area contributed by atoms with Crippen LogP contribution in [0.25, 0.3) is 0 Å². The monoisotopic (exact) mass is 410 g/mol. The molecule has 0 aliphatic rings. The number of carbonyl (C=O) groups excluding carboxylic acids is 2. The van der Waals surface area contributed by atoms with Crippen molar-refractivity contribution < 1.29 is 27.5 Å². The molecule has 2 aromatic rings. The van der Waals surface area contributed by atoms with Gasteiger partial charge in [0, 0.05) is 25.9 Å². The Labute approximate surface area is 165 Å². The zero-order valence-corrected chi connectivity index (χ0v) is 16.0. The van der Waals surface area contributed by atoms with E-state index >= 15 is 0 Å². The van der Waals surface area contributed by atoms with Gasteiger partial charge in [0.1, 0.15) is 6.54 Å². The number of likely N-dealkylation sites (N-methyl/N-ethyl adjacent to an activating group) is 1. The number of benzene rings is 1. The fraction of sp³-hybridized carbons (Fsp3) is 0.350. The number of hydrogen-bond donors (Lipinski definition) is 0. The second kappa shape index (κ2) is 9.40. The van der Waals surface area contributed by atoms with Gasteiger partial charge in [0.2, 0.25) is 0 Å². The largest absolute Gasteiger partial charge is 0.454 e. The summed E-state index contributed by atoms with van der Waals surface area (Å²) in [5.74, 6) is -1.46. The molecule has 0 unspecified atom stereocenters. The van der Waals surface area contributed by atoms with Gasteiger partial charge in [0.15, 0.2) is 6.61 Å². The van der Waals surface area contributed by atoms with E-state index in [2.05, 4.69) is 0 Å². The molecule has 0 N–H and O–H groups in total. The van der Waals surface area contributed by atoms with Crippen molar-refractivity contribution in [3.05, 3.63) is 69.6 Å². The lowest BCUT2D eigenvalue weighted by atomic mass is 10.1. The molecule has 1 aromatic heterocycles. The third kappa shape index (κ3) is 6.48. The SMILES string of the molecule is CCc1ccc(CN(C)C(=O)COC(=O)Cn2cc(C(F)(F)F)ccc2=O)cc1. The number of carbonyl (C=O) groups is 2. The third-order valence-corrected chi connectivity index (χ3v) is 4.24. The molecule has 1 amide bonds. The molecule has 0 bridgehead atoms. The maximum atomic E-state index is 12.7. The minimum atomic E-state index is -4.65. The number of halogens is 3. The van der Waals surface area contributed by atoms with Gasteiger partial charge in [-0.05, 0) is 23.6 Å². The normalized spacial score (nSPS) is 11.2. The van der Waals surface area contributed by atoms with E-state index in [0.29, 0.717) is 23.4 Å². The number of ether oxygens (including phenoxy) is 1. The molecule has 0 spiro atoms. The van der Waals surface area contributed by atoms with Crippen molar-refractivity contribution >= 4 is 11.9 Å². The second-order valence-electron chi connectivity index (χ2n) is 6.46. The van der Waals surface area contributed by atoms with E-state index in [1.807, 2.05) is 31.2 Å². The lowest BCUT2D eigenvalue weighted by Crippen LogP contribution is -2.32. The number of aromatic nitrogens is 1. The number of rotatable bonds is 7. The molecule has 0 atom stereocenters. The van der Waals surface area contributed by atoms with Crippen LogP contribution >= 0.6 is 0 Å². The molecular weight excluding hydrogens is 389 g/mol. The van der Waals surface area contributed by atoms with Crippen LogP contribution in [0.1, 0.15) is 23.6 Å². The van der Waals surface area contributed by atoms with E-state index < -0.39 is 42.3 Å². The van der Waals surface area contributed by atoms with Gasteiger partial charge >= 0.3 is 12.1 Å². The molecule has 1 aromatic carbocycles. The number of pyridine rings is 1. The van der Waals surface area contributed by atoms with Crippen LogP contribution in [0.5, 0.6) is 0 Å². The minimum Gasteiger partial charge on any atom is -0.454 e. The predicted octanol–water partition coefficient (Wildman–Crippen LogP) is 2.63. The van der Waals surface area contributed by atoms with Gasteiger partial charge in [-0.3, -0.25) is 14.4 Å². The summed E-state index contributed by atoms with van der Waals surface area (Å²) < 4.78 is 43.6. The topological polar surface area (TPSA) is 68.6 Å². The average Bonchev–Trinajstić information content (AvgIpc) is 2.67. The van der Waals surface area contributed by atoms with Crippen LogP contribution in [0.2, 0.25) is 0 Å². The molecule has 0 saturated carbocycles. The predicted molar refractivity (Wildman–Crippen MR) is 99.0 cm³/mol. The molecule has 9 heteroatoms. The van der Waals surface area contributed by atoms with Gasteiger partial charge in [0.25, 0.3) is 11.5 Å². The molecule has 0 saturated heterocycles. The fourth-order valence-corrected chi connectivity index (χ4v) is 2.50. The first-order chi connectivity index (χ1) is 13.6. The lowest BCUT2D eigenvalue weighted by Gasteiger charge is -2.17. The number of alkyl halides is 3. The maximum Gasteiger partial charge on any atom is 0.417 e. The second-order valence-corrected chi connectivity index (χ2v) is 6.46. The molecule has 156 valence electrons. The van der Waals surface area contributed by atoms with Gasteiger partial charge in [-0.2, -0.15) is 13.2 Å². The van der Waals surface area contributed by atoms with Crippen LogP contribution in [0, 0.1) is 0 Å². The van der Waals surface area contributed by atoms with Crippen molar-refractivity contribution in [3.8, 4) is 0 Å². The molecule has 1 heterocycles. The molecule has 0 aliphatic heterocycles. The highest BCUT2D eigenvalue weighted by Crippen LogP contribution is 2.27.